The van der Waals surface area contributed by atoms with E-state index in [1.54, 1.807) is 30.3 Å². The molecule has 0 unspecified atom stereocenters. The predicted molar refractivity (Wildman–Crippen MR) is 128 cm³/mol. The predicted octanol–water partition coefficient (Wildman–Crippen LogP) is 1.57. The van der Waals surface area contributed by atoms with Gasteiger partial charge < -0.3 is 15.2 Å². The fourth-order valence-electron chi connectivity index (χ4n) is 3.42. The van der Waals surface area contributed by atoms with Gasteiger partial charge >= 0.3 is 0 Å². The van der Waals surface area contributed by atoms with Crippen molar-refractivity contribution in [3.63, 3.8) is 0 Å². The molecule has 8 nitrogen and oxygen atoms in total. The number of aliphatic hydroxyl groups is 1. The number of amides is 2. The molecule has 2 atom stereocenters. The average molecular weight is 464 g/mol. The van der Waals surface area contributed by atoms with Crippen molar-refractivity contribution in [2.75, 3.05) is 26.3 Å². The number of allylic oxidation sites excluding steroid dienone is 1. The quantitative estimate of drug-likeness (QED) is 0.282. The summed E-state index contributed by atoms with van der Waals surface area (Å²) in [5.41, 5.74) is 4.79. The summed E-state index contributed by atoms with van der Waals surface area (Å²) < 4.78 is 5.38. The van der Waals surface area contributed by atoms with Crippen LogP contribution in [0.5, 0.6) is 0 Å². The Morgan fingerprint density at radius 3 is 2.41 bits per heavy atom. The summed E-state index contributed by atoms with van der Waals surface area (Å²) in [6.07, 6.45) is 2.41. The molecule has 1 fully saturated rings. The van der Waals surface area contributed by atoms with E-state index < -0.39 is 24.0 Å². The highest BCUT2D eigenvalue weighted by Gasteiger charge is 2.25. The lowest BCUT2D eigenvalue weighted by molar-refractivity contribution is -0.133. The number of nitrogens with zero attached hydrogens (tertiary/aromatic N) is 1. The van der Waals surface area contributed by atoms with Gasteiger partial charge in [-0.2, -0.15) is 0 Å². The molecule has 2 aromatic rings. The van der Waals surface area contributed by atoms with Crippen LogP contribution >= 0.6 is 0 Å². The summed E-state index contributed by atoms with van der Waals surface area (Å²) in [5, 5.41) is 20.7. The van der Waals surface area contributed by atoms with Crippen LogP contribution in [0.3, 0.4) is 0 Å². The molecule has 0 spiro atoms. The summed E-state index contributed by atoms with van der Waals surface area (Å²) in [6.45, 7) is 5.76. The van der Waals surface area contributed by atoms with Crippen molar-refractivity contribution in [2.45, 2.75) is 25.6 Å². The van der Waals surface area contributed by atoms with E-state index in [2.05, 4.69) is 34.2 Å². The number of morpholine rings is 1. The number of hydroxylamine groups is 1. The van der Waals surface area contributed by atoms with Gasteiger partial charge in [0.05, 0.1) is 19.3 Å². The first-order valence-electron chi connectivity index (χ1n) is 11.1. The van der Waals surface area contributed by atoms with Crippen LogP contribution < -0.4 is 10.8 Å². The largest absolute Gasteiger partial charge is 0.391 e. The highest BCUT2D eigenvalue weighted by Crippen LogP contribution is 2.10. The molecule has 3 rings (SSSR count). The zero-order chi connectivity index (χ0) is 24.3. The first-order chi connectivity index (χ1) is 16.5. The van der Waals surface area contributed by atoms with E-state index in [1.165, 1.54) is 18.0 Å². The van der Waals surface area contributed by atoms with Crippen LogP contribution in [0, 0.1) is 11.8 Å². The van der Waals surface area contributed by atoms with Crippen molar-refractivity contribution >= 4 is 17.9 Å². The van der Waals surface area contributed by atoms with Gasteiger partial charge in [-0.15, -0.1) is 0 Å². The second kappa shape index (κ2) is 12.7. The maximum Gasteiger partial charge on any atom is 0.268 e. The Labute approximate surface area is 199 Å². The van der Waals surface area contributed by atoms with Gasteiger partial charge in [0, 0.05) is 30.8 Å². The van der Waals surface area contributed by atoms with Gasteiger partial charge in [-0.05, 0) is 54.5 Å². The van der Waals surface area contributed by atoms with E-state index in [0.29, 0.717) is 5.56 Å². The Morgan fingerprint density at radius 1 is 1.12 bits per heavy atom. The van der Waals surface area contributed by atoms with Gasteiger partial charge in [0.1, 0.15) is 6.04 Å². The molecule has 1 saturated heterocycles. The normalized spacial score (nSPS) is 15.7. The Morgan fingerprint density at radius 2 is 1.79 bits per heavy atom. The molecule has 8 heteroatoms. The summed E-state index contributed by atoms with van der Waals surface area (Å²) in [7, 11) is 0. The van der Waals surface area contributed by atoms with Crippen LogP contribution in [0.1, 0.15) is 34.0 Å². The maximum absolute atomic E-state index is 12.3. The highest BCUT2D eigenvalue weighted by atomic mass is 16.5. The second-order valence-corrected chi connectivity index (χ2v) is 7.98. The van der Waals surface area contributed by atoms with Gasteiger partial charge in [-0.1, -0.05) is 36.1 Å². The standard InChI is InChI=1S/C26H29N3O5/c1-19(30)24(26(32)28-33)27-25(31)23-12-10-21(11-13-23)5-3-2-4-20-6-8-22(9-7-20)18-29-14-16-34-17-15-29/h3,5-13,19,24,30,33H,14-18H2,1H3,(H,27,31)(H,28,32)/b5-3-/t19-,24+/m1/s1. The Balaban J connectivity index is 1.52. The van der Waals surface area contributed by atoms with Crippen LogP contribution in [-0.4, -0.2) is 65.5 Å². The van der Waals surface area contributed by atoms with E-state index >= 15 is 0 Å². The SMILES string of the molecule is C[C@@H](O)[C@H](NC(=O)c1ccc(/C=C\C#Cc2ccc(CN3CCOCC3)cc2)cc1)C(=O)NO. The summed E-state index contributed by atoms with van der Waals surface area (Å²) in [4.78, 5) is 26.2. The summed E-state index contributed by atoms with van der Waals surface area (Å²) >= 11 is 0. The van der Waals surface area contributed by atoms with Crippen LogP contribution in [0.2, 0.25) is 0 Å². The number of carbonyl (C=O) groups is 2. The van der Waals surface area contributed by atoms with E-state index in [-0.39, 0.29) is 0 Å². The lowest BCUT2D eigenvalue weighted by Gasteiger charge is -2.26. The number of carbonyl (C=O) groups excluding carboxylic acids is 2. The monoisotopic (exact) mass is 463 g/mol. The molecule has 1 aliphatic heterocycles. The lowest BCUT2D eigenvalue weighted by atomic mass is 10.1. The molecule has 0 aliphatic carbocycles. The fraction of sp³-hybridized carbons (Fsp3) is 0.308. The van der Waals surface area contributed by atoms with E-state index in [4.69, 9.17) is 9.94 Å². The molecule has 0 saturated carbocycles. The highest BCUT2D eigenvalue weighted by molar-refractivity contribution is 5.97. The second-order valence-electron chi connectivity index (χ2n) is 7.98. The molecule has 1 heterocycles. The minimum absolute atomic E-state index is 0.316. The number of hydrogen-bond acceptors (Lipinski definition) is 6. The van der Waals surface area contributed by atoms with Crippen molar-refractivity contribution in [3.8, 4) is 11.8 Å². The van der Waals surface area contributed by atoms with Crippen molar-refractivity contribution in [1.29, 1.82) is 0 Å². The molecular formula is C26H29N3O5. The maximum atomic E-state index is 12.3. The zero-order valence-electron chi connectivity index (χ0n) is 19.0. The topological polar surface area (TPSA) is 111 Å². The zero-order valence-corrected chi connectivity index (χ0v) is 19.0. The van der Waals surface area contributed by atoms with Crippen LogP contribution in [0.15, 0.2) is 54.6 Å². The summed E-state index contributed by atoms with van der Waals surface area (Å²) in [6, 6.07) is 13.7. The molecule has 2 aromatic carbocycles. The third-order valence-corrected chi connectivity index (χ3v) is 5.37. The average Bonchev–Trinajstić information content (AvgIpc) is 2.86. The first kappa shape index (κ1) is 25.1. The minimum atomic E-state index is -1.26. The molecule has 0 aromatic heterocycles. The number of ether oxygens (including phenoxy) is 1. The number of nitrogens with one attached hydrogen (secondary N) is 2. The Kier molecular flexibility index (Phi) is 9.38. The third-order valence-electron chi connectivity index (χ3n) is 5.37. The van der Waals surface area contributed by atoms with Gasteiger partial charge in [0.25, 0.3) is 11.8 Å². The van der Waals surface area contributed by atoms with E-state index in [1.807, 2.05) is 18.2 Å². The fourth-order valence-corrected chi connectivity index (χ4v) is 3.42. The minimum Gasteiger partial charge on any atom is -0.391 e. The number of hydrogen-bond donors (Lipinski definition) is 4. The van der Waals surface area contributed by atoms with Gasteiger partial charge in [0.15, 0.2) is 0 Å². The van der Waals surface area contributed by atoms with Crippen molar-refractivity contribution in [3.05, 3.63) is 76.9 Å². The molecule has 1 aliphatic rings. The molecular weight excluding hydrogens is 434 g/mol. The molecule has 2 amide bonds. The van der Waals surface area contributed by atoms with Crippen molar-refractivity contribution in [1.82, 2.24) is 15.7 Å². The molecule has 0 radical (unpaired) electrons. The first-order valence-corrected chi connectivity index (χ1v) is 11.1. The van der Waals surface area contributed by atoms with Crippen molar-refractivity contribution in [2.24, 2.45) is 0 Å². The third kappa shape index (κ3) is 7.54. The molecule has 4 N–H and O–H groups in total. The summed E-state index contributed by atoms with van der Waals surface area (Å²) in [5.74, 6) is 4.69. The molecule has 178 valence electrons. The number of benzene rings is 2. The smallest absolute Gasteiger partial charge is 0.268 e. The van der Waals surface area contributed by atoms with Gasteiger partial charge in [-0.3, -0.25) is 19.7 Å². The van der Waals surface area contributed by atoms with Crippen LogP contribution in [0.4, 0.5) is 0 Å². The number of rotatable bonds is 7. The Bertz CT molecular complexity index is 1050. The van der Waals surface area contributed by atoms with Crippen molar-refractivity contribution < 1.29 is 24.6 Å². The lowest BCUT2D eigenvalue weighted by Crippen LogP contribution is -2.51. The van der Waals surface area contributed by atoms with Crippen LogP contribution in [-0.2, 0) is 16.1 Å². The van der Waals surface area contributed by atoms with E-state index in [0.717, 1.165) is 44.0 Å². The van der Waals surface area contributed by atoms with Crippen LogP contribution in [0.25, 0.3) is 6.08 Å². The van der Waals surface area contributed by atoms with E-state index in [9.17, 15) is 14.7 Å². The van der Waals surface area contributed by atoms with Gasteiger partial charge in [-0.25, -0.2) is 5.48 Å². The number of aliphatic hydroxyl groups excluding tert-OH is 1. The molecule has 0 bridgehead atoms. The Hall–Kier alpha value is -3.48. The van der Waals surface area contributed by atoms with Gasteiger partial charge in [0.2, 0.25) is 0 Å². The molecule has 34 heavy (non-hydrogen) atoms.